The minimum absolute atomic E-state index is 0.0159. The lowest BCUT2D eigenvalue weighted by Crippen LogP contribution is -2.11. The Hall–Kier alpha value is -2.74. The smallest absolute Gasteiger partial charge is 0.342 e. The summed E-state index contributed by atoms with van der Waals surface area (Å²) >= 11 is 0. The normalized spacial score (nSPS) is 12.0. The highest BCUT2D eigenvalue weighted by atomic mass is 16.6. The molecular weight excluding hydrogens is 290 g/mol. The van der Waals surface area contributed by atoms with Crippen LogP contribution in [0.15, 0.2) is 24.5 Å². The van der Waals surface area contributed by atoms with Crippen LogP contribution >= 0.6 is 0 Å². The quantitative estimate of drug-likeness (QED) is 0.494. The van der Waals surface area contributed by atoms with Crippen LogP contribution in [0.4, 0.5) is 5.82 Å². The second-order valence-corrected chi connectivity index (χ2v) is 4.55. The summed E-state index contributed by atoms with van der Waals surface area (Å²) in [5, 5.41) is 21.5. The van der Waals surface area contributed by atoms with Crippen LogP contribution < -0.4 is 0 Å². The molecule has 0 fully saturated rings. The largest absolute Gasteiger partial charge is 0.462 e. The Morgan fingerprint density at radius 2 is 2.14 bits per heavy atom. The van der Waals surface area contributed by atoms with E-state index in [9.17, 15) is 20.0 Å². The molecule has 116 valence electrons. The first kappa shape index (κ1) is 15.6. The number of nitro groups is 1. The summed E-state index contributed by atoms with van der Waals surface area (Å²) in [6, 6.07) is 3.11. The number of hydrogen-bond acceptors (Lipinski definition) is 6. The summed E-state index contributed by atoms with van der Waals surface area (Å²) < 4.78 is 4.92. The number of hydrogen-bond donors (Lipinski definition) is 2. The van der Waals surface area contributed by atoms with E-state index in [2.05, 4.69) is 9.97 Å². The van der Waals surface area contributed by atoms with E-state index in [0.717, 1.165) is 0 Å². The van der Waals surface area contributed by atoms with Crippen molar-refractivity contribution in [2.45, 2.75) is 20.0 Å². The predicted octanol–water partition coefficient (Wildman–Crippen LogP) is 1.88. The van der Waals surface area contributed by atoms with Crippen molar-refractivity contribution in [1.29, 1.82) is 0 Å². The van der Waals surface area contributed by atoms with Gasteiger partial charge in [0.1, 0.15) is 17.4 Å². The summed E-state index contributed by atoms with van der Waals surface area (Å²) in [6.07, 6.45) is 1.73. The van der Waals surface area contributed by atoms with Crippen molar-refractivity contribution in [3.8, 4) is 0 Å². The highest BCUT2D eigenvalue weighted by Gasteiger charge is 2.32. The number of carbonyl (C=O) groups is 1. The van der Waals surface area contributed by atoms with Crippen molar-refractivity contribution in [2.75, 3.05) is 6.61 Å². The molecule has 0 aliphatic heterocycles. The molecule has 0 bridgehead atoms. The maximum atomic E-state index is 12.1. The van der Waals surface area contributed by atoms with Gasteiger partial charge in [0.25, 0.3) is 0 Å². The van der Waals surface area contributed by atoms with Crippen LogP contribution in [-0.2, 0) is 4.74 Å². The summed E-state index contributed by atoms with van der Waals surface area (Å²) in [5.41, 5.74) is 0.606. The fraction of sp³-hybridized carbons (Fsp3) is 0.286. The number of ether oxygens (including phenoxy) is 1. The van der Waals surface area contributed by atoms with Gasteiger partial charge in [-0.25, -0.2) is 9.78 Å². The van der Waals surface area contributed by atoms with Gasteiger partial charge in [-0.05, 0) is 36.5 Å². The number of nitrogens with one attached hydrogen (secondary N) is 1. The van der Waals surface area contributed by atoms with Crippen molar-refractivity contribution in [1.82, 2.24) is 9.97 Å². The standard InChI is InChI=1S/C14H15N3O5/c1-3-22-14(19)10-8(2)13(17(20)21)16-11(10)12(18)9-4-6-15-7-5-9/h4-7,12,16,18H,3H2,1-2H3. The van der Waals surface area contributed by atoms with Crippen molar-refractivity contribution in [3.05, 3.63) is 57.0 Å². The van der Waals surface area contributed by atoms with Gasteiger partial charge in [0.15, 0.2) is 0 Å². The van der Waals surface area contributed by atoms with Gasteiger partial charge in [-0.2, -0.15) is 0 Å². The van der Waals surface area contributed by atoms with E-state index in [1.165, 1.54) is 19.3 Å². The minimum atomic E-state index is -1.23. The molecule has 2 rings (SSSR count). The van der Waals surface area contributed by atoms with Crippen molar-refractivity contribution in [3.63, 3.8) is 0 Å². The van der Waals surface area contributed by atoms with Gasteiger partial charge in [0.05, 0.1) is 12.2 Å². The number of esters is 1. The molecule has 0 saturated carbocycles. The van der Waals surface area contributed by atoms with E-state index in [1.54, 1.807) is 19.1 Å². The molecular formula is C14H15N3O5. The number of aromatic nitrogens is 2. The molecule has 2 heterocycles. The zero-order chi connectivity index (χ0) is 16.3. The molecule has 0 aliphatic carbocycles. The number of aliphatic hydroxyl groups is 1. The van der Waals surface area contributed by atoms with E-state index < -0.39 is 17.0 Å². The number of nitrogens with zero attached hydrogens (tertiary/aromatic N) is 2. The van der Waals surface area contributed by atoms with Crippen LogP contribution in [0.2, 0.25) is 0 Å². The number of aromatic amines is 1. The Balaban J connectivity index is 2.56. The van der Waals surface area contributed by atoms with E-state index >= 15 is 0 Å². The lowest BCUT2D eigenvalue weighted by molar-refractivity contribution is -0.389. The van der Waals surface area contributed by atoms with Crippen LogP contribution in [0.3, 0.4) is 0 Å². The molecule has 0 radical (unpaired) electrons. The molecule has 1 atom stereocenters. The van der Waals surface area contributed by atoms with Gasteiger partial charge in [-0.3, -0.25) is 4.98 Å². The lowest BCUT2D eigenvalue weighted by atomic mass is 10.0. The van der Waals surface area contributed by atoms with E-state index in [-0.39, 0.29) is 29.2 Å². The predicted molar refractivity (Wildman–Crippen MR) is 76.4 cm³/mol. The summed E-state index contributed by atoms with van der Waals surface area (Å²) in [5.74, 6) is -1.06. The summed E-state index contributed by atoms with van der Waals surface area (Å²) in [7, 11) is 0. The molecule has 8 heteroatoms. The Morgan fingerprint density at radius 1 is 1.50 bits per heavy atom. The number of aliphatic hydroxyl groups excluding tert-OH is 1. The number of pyridine rings is 1. The molecule has 0 saturated heterocycles. The highest BCUT2D eigenvalue weighted by molar-refractivity contribution is 5.94. The average Bonchev–Trinajstić information content (AvgIpc) is 2.85. The third kappa shape index (κ3) is 2.82. The Bertz CT molecular complexity index is 696. The van der Waals surface area contributed by atoms with Gasteiger partial charge < -0.3 is 20.0 Å². The first-order chi connectivity index (χ1) is 10.5. The van der Waals surface area contributed by atoms with Crippen molar-refractivity contribution >= 4 is 11.8 Å². The Morgan fingerprint density at radius 3 is 2.68 bits per heavy atom. The second-order valence-electron chi connectivity index (χ2n) is 4.55. The number of carbonyl (C=O) groups excluding carboxylic acids is 1. The third-order valence-corrected chi connectivity index (χ3v) is 3.21. The van der Waals surface area contributed by atoms with E-state index in [0.29, 0.717) is 5.56 Å². The first-order valence-corrected chi connectivity index (χ1v) is 6.59. The molecule has 22 heavy (non-hydrogen) atoms. The fourth-order valence-electron chi connectivity index (χ4n) is 2.17. The maximum Gasteiger partial charge on any atom is 0.342 e. The van der Waals surface area contributed by atoms with Crippen LogP contribution in [0.25, 0.3) is 0 Å². The molecule has 0 amide bonds. The number of H-pyrrole nitrogens is 1. The lowest BCUT2D eigenvalue weighted by Gasteiger charge is -2.09. The second kappa shape index (κ2) is 6.35. The summed E-state index contributed by atoms with van der Waals surface area (Å²) in [4.78, 5) is 28.8. The molecule has 2 aromatic heterocycles. The Kier molecular flexibility index (Phi) is 4.52. The Labute approximate surface area is 125 Å². The van der Waals surface area contributed by atoms with Crippen LogP contribution in [0.1, 0.15) is 40.2 Å². The SMILES string of the molecule is CCOC(=O)c1c(C(O)c2ccncc2)[nH]c([N+](=O)[O-])c1C. The molecule has 8 nitrogen and oxygen atoms in total. The van der Waals surface area contributed by atoms with Gasteiger partial charge in [-0.1, -0.05) is 0 Å². The number of rotatable bonds is 5. The maximum absolute atomic E-state index is 12.1. The van der Waals surface area contributed by atoms with Gasteiger partial charge in [0.2, 0.25) is 0 Å². The third-order valence-electron chi connectivity index (χ3n) is 3.21. The molecule has 1 unspecified atom stereocenters. The summed E-state index contributed by atoms with van der Waals surface area (Å²) in [6.45, 7) is 3.19. The zero-order valence-electron chi connectivity index (χ0n) is 12.1. The molecule has 2 aromatic rings. The van der Waals surface area contributed by atoms with Crippen LogP contribution in [0.5, 0.6) is 0 Å². The highest BCUT2D eigenvalue weighted by Crippen LogP contribution is 2.32. The van der Waals surface area contributed by atoms with Crippen LogP contribution in [0, 0.1) is 17.0 Å². The van der Waals surface area contributed by atoms with E-state index in [4.69, 9.17) is 4.74 Å². The minimum Gasteiger partial charge on any atom is -0.462 e. The first-order valence-electron chi connectivity index (χ1n) is 6.59. The topological polar surface area (TPSA) is 118 Å². The average molecular weight is 305 g/mol. The zero-order valence-corrected chi connectivity index (χ0v) is 12.1. The van der Waals surface area contributed by atoms with Crippen LogP contribution in [-0.4, -0.2) is 32.6 Å². The van der Waals surface area contributed by atoms with E-state index in [1.807, 2.05) is 0 Å². The van der Waals surface area contributed by atoms with Gasteiger partial charge in [-0.15, -0.1) is 0 Å². The fourth-order valence-corrected chi connectivity index (χ4v) is 2.17. The monoisotopic (exact) mass is 305 g/mol. The molecule has 0 aliphatic rings. The van der Waals surface area contributed by atoms with Gasteiger partial charge in [0, 0.05) is 12.4 Å². The van der Waals surface area contributed by atoms with Crippen molar-refractivity contribution < 1.29 is 19.6 Å². The molecule has 0 aromatic carbocycles. The molecule has 2 N–H and O–H groups in total. The van der Waals surface area contributed by atoms with Gasteiger partial charge >= 0.3 is 11.8 Å². The van der Waals surface area contributed by atoms with Crippen molar-refractivity contribution in [2.24, 2.45) is 0 Å². The molecule has 0 spiro atoms.